The lowest BCUT2D eigenvalue weighted by molar-refractivity contribution is -0.140. The van der Waals surface area contributed by atoms with Gasteiger partial charge in [0, 0.05) is 6.42 Å². The van der Waals surface area contributed by atoms with Gasteiger partial charge in [0.2, 0.25) is 10.0 Å². The highest BCUT2D eigenvalue weighted by Gasteiger charge is 2.27. The maximum Gasteiger partial charge on any atom is 0.321 e. The summed E-state index contributed by atoms with van der Waals surface area (Å²) in [5, 5.41) is 17.4. The molecule has 1 atom stereocenters. The molecule has 0 aliphatic carbocycles. The fourth-order valence-corrected chi connectivity index (χ4v) is 3.16. The first kappa shape index (κ1) is 16.4. The second-order valence-corrected chi connectivity index (χ2v) is 5.96. The minimum atomic E-state index is -4.14. The van der Waals surface area contributed by atoms with Gasteiger partial charge in [0.15, 0.2) is 0 Å². The number of benzene rings is 1. The van der Waals surface area contributed by atoms with Crippen molar-refractivity contribution >= 4 is 33.6 Å². The summed E-state index contributed by atoms with van der Waals surface area (Å²) in [5.74, 6) is -2.67. The van der Waals surface area contributed by atoms with Crippen LogP contribution in [0.5, 0.6) is 0 Å². The quantitative estimate of drug-likeness (QED) is 0.687. The van der Waals surface area contributed by atoms with Crippen LogP contribution < -0.4 is 4.72 Å². The van der Waals surface area contributed by atoms with Crippen molar-refractivity contribution in [3.63, 3.8) is 0 Å². The summed E-state index contributed by atoms with van der Waals surface area (Å²) in [6.07, 6.45) is -0.837. The average molecular weight is 322 g/mol. The third-order valence-electron chi connectivity index (χ3n) is 2.37. The lowest BCUT2D eigenvalue weighted by Crippen LogP contribution is -2.41. The van der Waals surface area contributed by atoms with Gasteiger partial charge in [-0.1, -0.05) is 23.7 Å². The summed E-state index contributed by atoms with van der Waals surface area (Å²) >= 11 is 5.74. The van der Waals surface area contributed by atoms with Crippen molar-refractivity contribution in [3.05, 3.63) is 29.3 Å². The van der Waals surface area contributed by atoms with Crippen LogP contribution in [0.1, 0.15) is 12.8 Å². The van der Waals surface area contributed by atoms with E-state index in [9.17, 15) is 18.0 Å². The van der Waals surface area contributed by atoms with Gasteiger partial charge >= 0.3 is 11.9 Å². The lowest BCUT2D eigenvalue weighted by Gasteiger charge is -2.14. The van der Waals surface area contributed by atoms with Crippen LogP contribution >= 0.6 is 11.6 Å². The van der Waals surface area contributed by atoms with E-state index in [1.165, 1.54) is 24.3 Å². The van der Waals surface area contributed by atoms with E-state index in [0.29, 0.717) is 0 Å². The number of hydrogen-bond donors (Lipinski definition) is 3. The zero-order valence-corrected chi connectivity index (χ0v) is 11.7. The first-order valence-electron chi connectivity index (χ1n) is 5.45. The van der Waals surface area contributed by atoms with Crippen molar-refractivity contribution in [2.75, 3.05) is 0 Å². The van der Waals surface area contributed by atoms with Crippen LogP contribution in [0.15, 0.2) is 29.2 Å². The third-order valence-corrected chi connectivity index (χ3v) is 4.34. The number of halogens is 1. The van der Waals surface area contributed by atoms with Crippen molar-refractivity contribution in [2.24, 2.45) is 0 Å². The predicted molar refractivity (Wildman–Crippen MR) is 70.1 cm³/mol. The van der Waals surface area contributed by atoms with E-state index >= 15 is 0 Å². The second kappa shape index (κ2) is 6.69. The fourth-order valence-electron chi connectivity index (χ4n) is 1.41. The van der Waals surface area contributed by atoms with Gasteiger partial charge in [-0.05, 0) is 18.6 Å². The molecule has 0 radical (unpaired) electrons. The second-order valence-electron chi connectivity index (χ2n) is 3.87. The maximum atomic E-state index is 12.0. The molecule has 1 rings (SSSR count). The maximum absolute atomic E-state index is 12.0. The minimum absolute atomic E-state index is 0.0534. The summed E-state index contributed by atoms with van der Waals surface area (Å²) in [6.45, 7) is 0. The predicted octanol–water partition coefficient (Wildman–Crippen LogP) is 0.936. The van der Waals surface area contributed by atoms with Crippen LogP contribution in [-0.2, 0) is 19.6 Å². The molecular formula is C11H12ClNO6S. The number of hydrogen-bond acceptors (Lipinski definition) is 4. The van der Waals surface area contributed by atoms with Gasteiger partial charge < -0.3 is 10.2 Å². The van der Waals surface area contributed by atoms with Crippen molar-refractivity contribution in [1.29, 1.82) is 0 Å². The Balaban J connectivity index is 2.95. The molecule has 0 saturated heterocycles. The average Bonchev–Trinajstić information content (AvgIpc) is 2.34. The number of sulfonamides is 1. The molecule has 0 aromatic heterocycles. The number of rotatable bonds is 7. The topological polar surface area (TPSA) is 121 Å². The summed E-state index contributed by atoms with van der Waals surface area (Å²) < 4.78 is 25.9. The van der Waals surface area contributed by atoms with E-state index < -0.39 is 34.4 Å². The normalized spacial score (nSPS) is 12.8. The van der Waals surface area contributed by atoms with Gasteiger partial charge in [-0.25, -0.2) is 8.42 Å². The van der Waals surface area contributed by atoms with Gasteiger partial charge in [0.05, 0.1) is 5.02 Å². The Bertz CT molecular complexity index is 615. The summed E-state index contributed by atoms with van der Waals surface area (Å²) in [6, 6.07) is 4.00. The van der Waals surface area contributed by atoms with Crippen molar-refractivity contribution in [3.8, 4) is 0 Å². The molecule has 3 N–H and O–H groups in total. The van der Waals surface area contributed by atoms with Crippen LogP contribution in [0.2, 0.25) is 5.02 Å². The minimum Gasteiger partial charge on any atom is -0.481 e. The summed E-state index contributed by atoms with van der Waals surface area (Å²) in [5.41, 5.74) is 0. The number of nitrogens with one attached hydrogen (secondary N) is 1. The highest BCUT2D eigenvalue weighted by atomic mass is 35.5. The fraction of sp³-hybridized carbons (Fsp3) is 0.273. The molecule has 7 nitrogen and oxygen atoms in total. The third kappa shape index (κ3) is 4.48. The lowest BCUT2D eigenvalue weighted by atomic mass is 10.2. The van der Waals surface area contributed by atoms with Crippen LogP contribution in [0, 0.1) is 0 Å². The van der Waals surface area contributed by atoms with Gasteiger partial charge in [-0.2, -0.15) is 4.72 Å². The Kier molecular flexibility index (Phi) is 5.49. The van der Waals surface area contributed by atoms with Crippen molar-refractivity contribution in [2.45, 2.75) is 23.8 Å². The Hall–Kier alpha value is -1.64. The number of carboxylic acids is 2. The Labute approximate surface area is 120 Å². The molecule has 20 heavy (non-hydrogen) atoms. The van der Waals surface area contributed by atoms with Crippen LogP contribution in [-0.4, -0.2) is 36.6 Å². The molecule has 0 fully saturated rings. The molecule has 0 heterocycles. The molecule has 0 unspecified atom stereocenters. The summed E-state index contributed by atoms with van der Waals surface area (Å²) in [4.78, 5) is 21.1. The highest BCUT2D eigenvalue weighted by Crippen LogP contribution is 2.20. The van der Waals surface area contributed by atoms with Crippen LogP contribution in [0.25, 0.3) is 0 Å². The SMILES string of the molecule is O=C(O)CC[C@H](NS(=O)(=O)c1ccccc1Cl)C(=O)O. The van der Waals surface area contributed by atoms with Crippen molar-refractivity contribution in [1.82, 2.24) is 4.72 Å². The van der Waals surface area contributed by atoms with Gasteiger partial charge in [0.25, 0.3) is 0 Å². The molecule has 110 valence electrons. The zero-order valence-electron chi connectivity index (χ0n) is 10.1. The smallest absolute Gasteiger partial charge is 0.321 e. The molecule has 0 amide bonds. The van der Waals surface area contributed by atoms with E-state index in [2.05, 4.69) is 0 Å². The largest absolute Gasteiger partial charge is 0.481 e. The molecule has 0 bridgehead atoms. The Morgan fingerprint density at radius 1 is 1.25 bits per heavy atom. The summed E-state index contributed by atoms with van der Waals surface area (Å²) in [7, 11) is -4.14. The highest BCUT2D eigenvalue weighted by molar-refractivity contribution is 7.89. The molecule has 9 heteroatoms. The van der Waals surface area contributed by atoms with Crippen molar-refractivity contribution < 1.29 is 28.2 Å². The Morgan fingerprint density at radius 2 is 1.85 bits per heavy atom. The van der Waals surface area contributed by atoms with E-state index in [1.807, 2.05) is 4.72 Å². The molecule has 0 aliphatic heterocycles. The van der Waals surface area contributed by atoms with Gasteiger partial charge in [-0.3, -0.25) is 9.59 Å². The first-order chi connectivity index (χ1) is 9.24. The number of carbonyl (C=O) groups is 2. The molecule has 0 saturated carbocycles. The van der Waals surface area contributed by atoms with Crippen LogP contribution in [0.3, 0.4) is 0 Å². The standard InChI is InChI=1S/C11H12ClNO6S/c12-7-3-1-2-4-9(7)20(18,19)13-8(11(16)17)5-6-10(14)15/h1-4,8,13H,5-6H2,(H,14,15)(H,16,17)/t8-/m0/s1. The molecule has 0 spiro atoms. The van der Waals surface area contributed by atoms with E-state index in [-0.39, 0.29) is 16.3 Å². The number of carboxylic acid groups (broad SMARTS) is 2. The monoisotopic (exact) mass is 321 g/mol. The molecule has 1 aromatic rings. The van der Waals surface area contributed by atoms with E-state index in [1.54, 1.807) is 0 Å². The zero-order chi connectivity index (χ0) is 15.3. The molecular weight excluding hydrogens is 310 g/mol. The van der Waals surface area contributed by atoms with Crippen LogP contribution in [0.4, 0.5) is 0 Å². The van der Waals surface area contributed by atoms with Gasteiger partial charge in [0.1, 0.15) is 10.9 Å². The molecule has 0 aliphatic rings. The Morgan fingerprint density at radius 3 is 2.35 bits per heavy atom. The molecule has 1 aromatic carbocycles. The first-order valence-corrected chi connectivity index (χ1v) is 7.31. The van der Waals surface area contributed by atoms with E-state index in [0.717, 1.165) is 0 Å². The number of aliphatic carboxylic acids is 2. The van der Waals surface area contributed by atoms with Gasteiger partial charge in [-0.15, -0.1) is 0 Å². The van der Waals surface area contributed by atoms with E-state index in [4.69, 9.17) is 21.8 Å².